The van der Waals surface area contributed by atoms with Crippen molar-refractivity contribution in [2.75, 3.05) is 0 Å². The Balaban J connectivity index is -0.0000000270. The van der Waals surface area contributed by atoms with Gasteiger partial charge in [-0.05, 0) is 20.8 Å². The predicted octanol–water partition coefficient (Wildman–Crippen LogP) is -5.03. The van der Waals surface area contributed by atoms with E-state index < -0.39 is 17.9 Å². The Labute approximate surface area is 109 Å². The fourth-order valence-electron chi connectivity index (χ4n) is 0. The van der Waals surface area contributed by atoms with Crippen LogP contribution in [0.25, 0.3) is 0 Å². The number of hydrogen-bond acceptors (Lipinski definition) is 6. The average molecular weight is 230 g/mol. The molecule has 0 saturated heterocycles. The van der Waals surface area contributed by atoms with Crippen LogP contribution in [0.2, 0.25) is 0 Å². The first-order valence-corrected chi connectivity index (χ1v) is 2.72. The molecule has 0 spiro atoms. The van der Waals surface area contributed by atoms with Gasteiger partial charge in [0.1, 0.15) is 0 Å². The van der Waals surface area contributed by atoms with Crippen LogP contribution in [-0.4, -0.2) is 58.3 Å². The molecule has 0 amide bonds. The van der Waals surface area contributed by atoms with E-state index in [4.69, 9.17) is 29.7 Å². The molecule has 0 saturated carbocycles. The summed E-state index contributed by atoms with van der Waals surface area (Å²) < 4.78 is 0. The number of carbonyl (C=O) groups excluding carboxylic acids is 3. The standard InChI is InChI=1S/3C2H4O2.Al.Mg.2H/c3*1-2(3)4;;;;/h3*1H3,(H,3,4);;;;/q;;;+3;;;/p-3. The quantitative estimate of drug-likeness (QED) is 0.384. The van der Waals surface area contributed by atoms with Crippen molar-refractivity contribution < 1.29 is 29.7 Å². The van der Waals surface area contributed by atoms with Gasteiger partial charge in [0, 0.05) is 17.9 Å². The molecule has 6 nitrogen and oxygen atoms in total. The molecule has 0 aliphatic carbocycles. The Bertz CT molecular complexity index is 120. The molecule has 0 heterocycles. The van der Waals surface area contributed by atoms with Crippen molar-refractivity contribution in [3.63, 3.8) is 0 Å². The van der Waals surface area contributed by atoms with Crippen LogP contribution in [-0.2, 0) is 14.4 Å². The van der Waals surface area contributed by atoms with E-state index in [0.717, 1.165) is 20.8 Å². The number of carbonyl (C=O) groups is 3. The van der Waals surface area contributed by atoms with Gasteiger partial charge >= 0.3 is 40.4 Å². The Hall–Kier alpha value is -0.291. The predicted molar refractivity (Wildman–Crippen MR) is 46.3 cm³/mol. The summed E-state index contributed by atoms with van der Waals surface area (Å²) in [5.74, 6) is -3.25. The summed E-state index contributed by atoms with van der Waals surface area (Å²) in [6.07, 6.45) is 0. The Morgan fingerprint density at radius 1 is 0.714 bits per heavy atom. The smallest absolute Gasteiger partial charge is 0.550 e. The van der Waals surface area contributed by atoms with Gasteiger partial charge in [-0.25, -0.2) is 0 Å². The van der Waals surface area contributed by atoms with Crippen LogP contribution in [0.3, 0.4) is 0 Å². The van der Waals surface area contributed by atoms with Crippen molar-refractivity contribution in [2.45, 2.75) is 20.8 Å². The maximum absolute atomic E-state index is 8.89. The third kappa shape index (κ3) is 15800. The van der Waals surface area contributed by atoms with Gasteiger partial charge < -0.3 is 29.7 Å². The normalized spacial score (nSPS) is 5.36. The first-order valence-electron chi connectivity index (χ1n) is 2.72. The average Bonchev–Trinajstić information content (AvgIpc) is 1.54. The molecular formula is C6H11AlMgO6. The molecule has 0 aromatic carbocycles. The summed E-state index contributed by atoms with van der Waals surface area (Å²) in [7, 11) is 0. The number of carboxylic acid groups (broad SMARTS) is 3. The molecule has 76 valence electrons. The van der Waals surface area contributed by atoms with Crippen LogP contribution in [0, 0.1) is 0 Å². The molecule has 0 fully saturated rings. The molecule has 0 unspecified atom stereocenters. The number of rotatable bonds is 0. The van der Waals surface area contributed by atoms with Crippen molar-refractivity contribution in [3.05, 3.63) is 0 Å². The Morgan fingerprint density at radius 2 is 0.714 bits per heavy atom. The van der Waals surface area contributed by atoms with Crippen molar-refractivity contribution >= 4 is 58.3 Å². The number of aliphatic carboxylic acids is 3. The molecule has 8 heteroatoms. The van der Waals surface area contributed by atoms with Crippen LogP contribution in [0.5, 0.6) is 0 Å². The molecule has 0 aromatic rings. The Kier molecular flexibility index (Phi) is 47.9. The third-order valence-corrected chi connectivity index (χ3v) is 0. The summed E-state index contributed by atoms with van der Waals surface area (Å²) in [4.78, 5) is 26.7. The van der Waals surface area contributed by atoms with E-state index >= 15 is 0 Å². The minimum absolute atomic E-state index is 0. The minimum atomic E-state index is -1.08. The molecule has 0 rings (SSSR count). The molecule has 0 aliphatic rings. The zero-order valence-corrected chi connectivity index (χ0v) is 8.68. The first kappa shape index (κ1) is 29.2. The van der Waals surface area contributed by atoms with E-state index in [0.29, 0.717) is 0 Å². The van der Waals surface area contributed by atoms with Gasteiger partial charge in [-0.3, -0.25) is 0 Å². The van der Waals surface area contributed by atoms with E-state index in [9.17, 15) is 0 Å². The van der Waals surface area contributed by atoms with Crippen LogP contribution < -0.4 is 15.3 Å². The van der Waals surface area contributed by atoms with Gasteiger partial charge in [0.05, 0.1) is 0 Å². The van der Waals surface area contributed by atoms with E-state index in [1.165, 1.54) is 0 Å². The summed E-state index contributed by atoms with van der Waals surface area (Å²) in [5, 5.41) is 26.7. The molecule has 0 bridgehead atoms. The van der Waals surface area contributed by atoms with E-state index in [1.807, 2.05) is 0 Å². The van der Waals surface area contributed by atoms with E-state index in [1.54, 1.807) is 0 Å². The van der Waals surface area contributed by atoms with Crippen molar-refractivity contribution in [3.8, 4) is 0 Å². The van der Waals surface area contributed by atoms with Gasteiger partial charge in [0.25, 0.3) is 0 Å². The van der Waals surface area contributed by atoms with Crippen molar-refractivity contribution in [1.29, 1.82) is 0 Å². The van der Waals surface area contributed by atoms with Gasteiger partial charge in [0.15, 0.2) is 0 Å². The number of carboxylic acids is 3. The third-order valence-electron chi connectivity index (χ3n) is 0. The van der Waals surface area contributed by atoms with Gasteiger partial charge in [-0.15, -0.1) is 0 Å². The number of hydrogen-bond donors (Lipinski definition) is 0. The molecular weight excluding hydrogens is 219 g/mol. The minimum Gasteiger partial charge on any atom is -0.550 e. The summed E-state index contributed by atoms with van der Waals surface area (Å²) in [6.45, 7) is 2.92. The molecule has 0 atom stereocenters. The summed E-state index contributed by atoms with van der Waals surface area (Å²) in [5.41, 5.74) is 0. The maximum Gasteiger partial charge on any atom is 3.00 e. The zero-order chi connectivity index (χ0) is 10.7. The first-order chi connectivity index (χ1) is 5.20. The second kappa shape index (κ2) is 23.0. The SMILES string of the molecule is CC(=O)[O-].CC(=O)[O-].CC(=O)[O-].[Al+3].[MgH2]. The second-order valence-electron chi connectivity index (χ2n) is 1.47. The topological polar surface area (TPSA) is 120 Å². The van der Waals surface area contributed by atoms with Crippen LogP contribution in [0.4, 0.5) is 0 Å². The van der Waals surface area contributed by atoms with Crippen LogP contribution in [0.15, 0.2) is 0 Å². The molecule has 14 heavy (non-hydrogen) atoms. The van der Waals surface area contributed by atoms with Crippen LogP contribution in [0.1, 0.15) is 20.8 Å². The van der Waals surface area contributed by atoms with E-state index in [2.05, 4.69) is 0 Å². The fourth-order valence-corrected chi connectivity index (χ4v) is 0. The van der Waals surface area contributed by atoms with Gasteiger partial charge in [0.2, 0.25) is 0 Å². The zero-order valence-electron chi connectivity index (χ0n) is 7.53. The largest absolute Gasteiger partial charge is 3.00 e. The summed E-state index contributed by atoms with van der Waals surface area (Å²) >= 11 is 0. The second-order valence-corrected chi connectivity index (χ2v) is 1.47. The van der Waals surface area contributed by atoms with Gasteiger partial charge in [-0.1, -0.05) is 0 Å². The van der Waals surface area contributed by atoms with Gasteiger partial charge in [-0.2, -0.15) is 0 Å². The van der Waals surface area contributed by atoms with E-state index in [-0.39, 0.29) is 40.4 Å². The molecule has 0 aromatic heterocycles. The van der Waals surface area contributed by atoms with Crippen LogP contribution >= 0.6 is 0 Å². The molecule has 0 radical (unpaired) electrons. The fraction of sp³-hybridized carbons (Fsp3) is 0.500. The summed E-state index contributed by atoms with van der Waals surface area (Å²) in [6, 6.07) is 0. The van der Waals surface area contributed by atoms with Crippen molar-refractivity contribution in [1.82, 2.24) is 0 Å². The molecule has 0 aliphatic heterocycles. The Morgan fingerprint density at radius 3 is 0.714 bits per heavy atom. The monoisotopic (exact) mass is 230 g/mol. The maximum atomic E-state index is 8.89. The van der Waals surface area contributed by atoms with Crippen molar-refractivity contribution in [2.24, 2.45) is 0 Å². The molecule has 0 N–H and O–H groups in total.